The third-order valence-electron chi connectivity index (χ3n) is 6.35. The van der Waals surface area contributed by atoms with Crippen molar-refractivity contribution in [2.24, 2.45) is 0 Å². The molecule has 12 heteroatoms. The number of likely N-dealkylation sites (N-methyl/N-ethyl adjacent to an activating group) is 1. The molecule has 0 fully saturated rings. The lowest BCUT2D eigenvalue weighted by molar-refractivity contribution is -0.140. The number of nitrogens with one attached hydrogen (secondary N) is 1. The number of hydrogen-bond acceptors (Lipinski definition) is 4. The van der Waals surface area contributed by atoms with Crippen molar-refractivity contribution in [2.75, 3.05) is 17.4 Å². The SMILES string of the molecule is CCNC(=O)[C@@H](CC)N(Cc1ccc(F)cc1)C(=O)CN(c1cccc(C(F)(F)F)c1)S(=O)(=O)c1ccc(C)cc1. The molecule has 3 rings (SSSR count). The first-order valence-electron chi connectivity index (χ1n) is 12.9. The molecule has 0 radical (unpaired) electrons. The zero-order valence-corrected chi connectivity index (χ0v) is 23.6. The summed E-state index contributed by atoms with van der Waals surface area (Å²) in [6.07, 6.45) is -4.60. The molecule has 0 saturated heterocycles. The molecule has 0 aliphatic rings. The molecule has 41 heavy (non-hydrogen) atoms. The molecule has 0 unspecified atom stereocenters. The molecule has 0 aliphatic heterocycles. The summed E-state index contributed by atoms with van der Waals surface area (Å²) in [6.45, 7) is 4.30. The number of benzene rings is 3. The van der Waals surface area contributed by atoms with Crippen molar-refractivity contribution in [3.05, 3.63) is 95.3 Å². The molecular weight excluding hydrogens is 562 g/mol. The summed E-state index contributed by atoms with van der Waals surface area (Å²) in [5.74, 6) is -1.83. The van der Waals surface area contributed by atoms with Gasteiger partial charge in [-0.25, -0.2) is 12.8 Å². The summed E-state index contributed by atoms with van der Waals surface area (Å²) in [7, 11) is -4.53. The van der Waals surface area contributed by atoms with Gasteiger partial charge < -0.3 is 10.2 Å². The summed E-state index contributed by atoms with van der Waals surface area (Å²) in [5.41, 5.74) is -0.247. The maximum absolute atomic E-state index is 13.9. The van der Waals surface area contributed by atoms with Gasteiger partial charge in [-0.3, -0.25) is 13.9 Å². The molecular formula is C29H31F4N3O4S. The van der Waals surface area contributed by atoms with Gasteiger partial charge in [0.05, 0.1) is 16.1 Å². The van der Waals surface area contributed by atoms with Gasteiger partial charge in [0.2, 0.25) is 11.8 Å². The summed E-state index contributed by atoms with van der Waals surface area (Å²) in [5, 5.41) is 2.65. The van der Waals surface area contributed by atoms with Crippen LogP contribution in [-0.4, -0.2) is 44.3 Å². The molecule has 2 amide bonds. The fraction of sp³-hybridized carbons (Fsp3) is 0.310. The summed E-state index contributed by atoms with van der Waals surface area (Å²) < 4.78 is 82.4. The zero-order chi connectivity index (χ0) is 30.4. The van der Waals surface area contributed by atoms with E-state index < -0.39 is 52.0 Å². The topological polar surface area (TPSA) is 86.8 Å². The summed E-state index contributed by atoms with van der Waals surface area (Å²) in [4.78, 5) is 27.7. The first-order chi connectivity index (χ1) is 19.3. The molecule has 3 aromatic rings. The molecule has 0 heterocycles. The smallest absolute Gasteiger partial charge is 0.355 e. The number of anilines is 1. The highest BCUT2D eigenvalue weighted by molar-refractivity contribution is 7.92. The predicted molar refractivity (Wildman–Crippen MR) is 147 cm³/mol. The van der Waals surface area contributed by atoms with Gasteiger partial charge in [0.1, 0.15) is 18.4 Å². The quantitative estimate of drug-likeness (QED) is 0.306. The number of carbonyl (C=O) groups is 2. The second-order valence-corrected chi connectivity index (χ2v) is 11.2. The Kier molecular flexibility index (Phi) is 10.1. The number of halogens is 4. The first-order valence-corrected chi connectivity index (χ1v) is 14.3. The lowest BCUT2D eigenvalue weighted by Crippen LogP contribution is -2.52. The van der Waals surface area contributed by atoms with E-state index in [0.717, 1.165) is 22.6 Å². The van der Waals surface area contributed by atoms with E-state index in [1.54, 1.807) is 20.8 Å². The Bertz CT molecular complexity index is 1460. The number of alkyl halides is 3. The highest BCUT2D eigenvalue weighted by Gasteiger charge is 2.35. The summed E-state index contributed by atoms with van der Waals surface area (Å²) in [6, 6.07) is 13.5. The lowest BCUT2D eigenvalue weighted by atomic mass is 10.1. The third kappa shape index (κ3) is 7.84. The Morgan fingerprint density at radius 3 is 2.15 bits per heavy atom. The number of rotatable bonds is 11. The van der Waals surface area contributed by atoms with E-state index in [9.17, 15) is 35.6 Å². The van der Waals surface area contributed by atoms with Crippen LogP contribution in [0.2, 0.25) is 0 Å². The van der Waals surface area contributed by atoms with Crippen molar-refractivity contribution in [3.8, 4) is 0 Å². The second-order valence-electron chi connectivity index (χ2n) is 9.34. The Balaban J connectivity index is 2.11. The first kappa shape index (κ1) is 31.6. The monoisotopic (exact) mass is 593 g/mol. The number of carbonyl (C=O) groups excluding carboxylic acids is 2. The van der Waals surface area contributed by atoms with E-state index in [1.165, 1.54) is 54.6 Å². The molecule has 0 saturated carbocycles. The maximum Gasteiger partial charge on any atom is 0.416 e. The molecule has 1 atom stereocenters. The van der Waals surface area contributed by atoms with E-state index in [2.05, 4.69) is 5.32 Å². The number of amides is 2. The van der Waals surface area contributed by atoms with Crippen LogP contribution in [0.5, 0.6) is 0 Å². The Morgan fingerprint density at radius 2 is 1.59 bits per heavy atom. The van der Waals surface area contributed by atoms with E-state index in [1.807, 2.05) is 0 Å². The molecule has 0 bridgehead atoms. The standard InChI is InChI=1S/C29H31F4N3O4S/c1-4-26(28(38)34-5-2)35(18-21-11-13-23(30)14-12-21)27(37)19-36(24-8-6-7-22(17-24)29(31,32)33)41(39,40)25-15-9-20(3)10-16-25/h6-17,26H,4-5,18-19H2,1-3H3,(H,34,38)/t26-/m1/s1. The van der Waals surface area contributed by atoms with Crippen molar-refractivity contribution in [1.29, 1.82) is 0 Å². The number of nitrogens with zero attached hydrogens (tertiary/aromatic N) is 2. The number of hydrogen-bond donors (Lipinski definition) is 1. The van der Waals surface area contributed by atoms with Gasteiger partial charge in [0.25, 0.3) is 10.0 Å². The predicted octanol–water partition coefficient (Wildman–Crippen LogP) is 5.29. The van der Waals surface area contributed by atoms with E-state index in [-0.39, 0.29) is 30.1 Å². The fourth-order valence-corrected chi connectivity index (χ4v) is 5.61. The van der Waals surface area contributed by atoms with Gasteiger partial charge in [-0.15, -0.1) is 0 Å². The van der Waals surface area contributed by atoms with Gasteiger partial charge in [0.15, 0.2) is 0 Å². The number of aryl methyl sites for hydroxylation is 1. The van der Waals surface area contributed by atoms with Gasteiger partial charge >= 0.3 is 6.18 Å². The van der Waals surface area contributed by atoms with E-state index in [0.29, 0.717) is 15.9 Å². The van der Waals surface area contributed by atoms with Gasteiger partial charge in [-0.05, 0) is 68.3 Å². The number of sulfonamides is 1. The summed E-state index contributed by atoms with van der Waals surface area (Å²) >= 11 is 0. The Hall–Kier alpha value is -3.93. The molecule has 0 aromatic heterocycles. The largest absolute Gasteiger partial charge is 0.416 e. The highest BCUT2D eigenvalue weighted by atomic mass is 32.2. The van der Waals surface area contributed by atoms with Crippen LogP contribution in [0.25, 0.3) is 0 Å². The molecule has 3 aromatic carbocycles. The van der Waals surface area contributed by atoms with Gasteiger partial charge in [-0.1, -0.05) is 42.8 Å². The van der Waals surface area contributed by atoms with Crippen LogP contribution in [0.1, 0.15) is 37.0 Å². The van der Waals surface area contributed by atoms with Crippen LogP contribution < -0.4 is 9.62 Å². The average Bonchev–Trinajstić information content (AvgIpc) is 2.92. The Labute approximate surface area is 236 Å². The van der Waals surface area contributed by atoms with Crippen LogP contribution in [0.4, 0.5) is 23.2 Å². The van der Waals surface area contributed by atoms with Crippen LogP contribution >= 0.6 is 0 Å². The Morgan fingerprint density at radius 1 is 0.951 bits per heavy atom. The minimum Gasteiger partial charge on any atom is -0.355 e. The molecule has 7 nitrogen and oxygen atoms in total. The minimum atomic E-state index is -4.76. The lowest BCUT2D eigenvalue weighted by Gasteiger charge is -2.33. The van der Waals surface area contributed by atoms with Crippen LogP contribution in [0.15, 0.2) is 77.7 Å². The molecule has 0 aliphatic carbocycles. The zero-order valence-electron chi connectivity index (χ0n) is 22.8. The van der Waals surface area contributed by atoms with Crippen LogP contribution in [-0.2, 0) is 32.3 Å². The van der Waals surface area contributed by atoms with Crippen molar-refractivity contribution < 1.29 is 35.6 Å². The molecule has 1 N–H and O–H groups in total. The van der Waals surface area contributed by atoms with Gasteiger partial charge in [0, 0.05) is 13.1 Å². The minimum absolute atomic E-state index is 0.160. The van der Waals surface area contributed by atoms with Crippen molar-refractivity contribution in [2.45, 2.75) is 50.9 Å². The van der Waals surface area contributed by atoms with Crippen LogP contribution in [0, 0.1) is 12.7 Å². The molecule has 220 valence electrons. The van der Waals surface area contributed by atoms with Gasteiger partial charge in [-0.2, -0.15) is 13.2 Å². The van der Waals surface area contributed by atoms with E-state index >= 15 is 0 Å². The normalized spacial score (nSPS) is 12.5. The van der Waals surface area contributed by atoms with E-state index in [4.69, 9.17) is 0 Å². The van der Waals surface area contributed by atoms with Crippen molar-refractivity contribution in [1.82, 2.24) is 10.2 Å². The third-order valence-corrected chi connectivity index (χ3v) is 8.14. The fourth-order valence-electron chi connectivity index (χ4n) is 4.20. The maximum atomic E-state index is 13.9. The van der Waals surface area contributed by atoms with Crippen molar-refractivity contribution >= 4 is 27.5 Å². The van der Waals surface area contributed by atoms with Crippen molar-refractivity contribution in [3.63, 3.8) is 0 Å². The second kappa shape index (κ2) is 13.2. The highest BCUT2D eigenvalue weighted by Crippen LogP contribution is 2.33. The molecule has 0 spiro atoms. The average molecular weight is 594 g/mol. The van der Waals surface area contributed by atoms with Crippen LogP contribution in [0.3, 0.4) is 0 Å².